The quantitative estimate of drug-likeness (QED) is 0.431. The molecule has 3 unspecified atom stereocenters. The summed E-state index contributed by atoms with van der Waals surface area (Å²) < 4.78 is 27.3. The van der Waals surface area contributed by atoms with Gasteiger partial charge in [0, 0.05) is 37.0 Å². The van der Waals surface area contributed by atoms with Crippen LogP contribution in [0.2, 0.25) is 0 Å². The van der Waals surface area contributed by atoms with Crippen LogP contribution in [0.3, 0.4) is 0 Å². The van der Waals surface area contributed by atoms with Gasteiger partial charge in [0.2, 0.25) is 0 Å². The van der Waals surface area contributed by atoms with Crippen LogP contribution in [0.4, 0.5) is 4.39 Å². The zero-order valence-electron chi connectivity index (χ0n) is 13.0. The molecule has 2 N–H and O–H groups in total. The van der Waals surface area contributed by atoms with E-state index >= 15 is 0 Å². The van der Waals surface area contributed by atoms with Crippen LogP contribution in [0.5, 0.6) is 5.75 Å². The topological polar surface area (TPSA) is 89.1 Å². The third-order valence-corrected chi connectivity index (χ3v) is 3.89. The fourth-order valence-electron chi connectivity index (χ4n) is 2.35. The van der Waals surface area contributed by atoms with Gasteiger partial charge in [0.25, 0.3) is 0 Å². The van der Waals surface area contributed by atoms with Crippen LogP contribution in [0, 0.1) is 6.92 Å². The predicted molar refractivity (Wildman–Crippen MR) is 89.2 cm³/mol. The fourth-order valence-corrected chi connectivity index (χ4v) is 2.47. The van der Waals surface area contributed by atoms with Crippen LogP contribution in [-0.4, -0.2) is 41.8 Å². The number of ether oxygens (including phenoxy) is 1. The van der Waals surface area contributed by atoms with Gasteiger partial charge in [0.05, 0.1) is 12.7 Å². The molecule has 132 valence electrons. The van der Waals surface area contributed by atoms with E-state index in [2.05, 4.69) is 12.9 Å². The third-order valence-electron chi connectivity index (χ3n) is 3.68. The maximum atomic E-state index is 12.7. The van der Waals surface area contributed by atoms with Gasteiger partial charge in [0.1, 0.15) is 17.4 Å². The van der Waals surface area contributed by atoms with Crippen LogP contribution in [-0.2, 0) is 4.74 Å². The minimum Gasteiger partial charge on any atom is -0.429 e. The van der Waals surface area contributed by atoms with Gasteiger partial charge in [-0.05, 0) is 31.0 Å². The first-order valence-corrected chi connectivity index (χ1v) is 7.73. The van der Waals surface area contributed by atoms with Crippen molar-refractivity contribution in [3.63, 3.8) is 0 Å². The number of halogens is 1. The average Bonchev–Trinajstić information content (AvgIpc) is 2.57. The lowest BCUT2D eigenvalue weighted by molar-refractivity contribution is -0.118. The molecule has 0 aliphatic carbocycles. The Morgan fingerprint density at radius 3 is 2.79 bits per heavy atom. The molecule has 0 bridgehead atoms. The van der Waals surface area contributed by atoms with Gasteiger partial charge in [-0.3, -0.25) is 0 Å². The molecule has 1 aromatic heterocycles. The minimum atomic E-state index is -1.43. The first-order chi connectivity index (χ1) is 11.5. The Bertz CT molecular complexity index is 734. The molecular weight excluding hydrogens is 339 g/mol. The van der Waals surface area contributed by atoms with Crippen molar-refractivity contribution in [1.82, 2.24) is 0 Å². The summed E-state index contributed by atoms with van der Waals surface area (Å²) in [7, 11) is 0. The van der Waals surface area contributed by atoms with Gasteiger partial charge in [-0.25, -0.2) is 9.18 Å². The first-order valence-electron chi connectivity index (χ1n) is 7.36. The Morgan fingerprint density at radius 2 is 2.17 bits per heavy atom. The van der Waals surface area contributed by atoms with Gasteiger partial charge in [0.15, 0.2) is 6.17 Å². The van der Waals surface area contributed by atoms with Gasteiger partial charge in [-0.1, -0.05) is 0 Å². The van der Waals surface area contributed by atoms with Crippen molar-refractivity contribution in [3.8, 4) is 5.75 Å². The summed E-state index contributed by atoms with van der Waals surface area (Å²) in [5, 5.41) is 18.3. The van der Waals surface area contributed by atoms with Crippen LogP contribution >= 0.6 is 12.9 Å². The van der Waals surface area contributed by atoms with Gasteiger partial charge < -0.3 is 23.6 Å². The Labute approximate surface area is 143 Å². The molecular formula is C16H19FO6S. The van der Waals surface area contributed by atoms with E-state index in [-0.39, 0.29) is 12.2 Å². The maximum absolute atomic E-state index is 12.7. The number of thiol groups is 1. The minimum absolute atomic E-state index is 0.317. The summed E-state index contributed by atoms with van der Waals surface area (Å²) in [4.78, 5) is 11.1. The third kappa shape index (κ3) is 4.47. The van der Waals surface area contributed by atoms with Crippen molar-refractivity contribution in [2.75, 3.05) is 13.2 Å². The molecule has 1 aromatic carbocycles. The van der Waals surface area contributed by atoms with Crippen molar-refractivity contribution in [1.29, 1.82) is 0 Å². The smallest absolute Gasteiger partial charge is 0.336 e. The van der Waals surface area contributed by atoms with E-state index in [1.54, 1.807) is 12.1 Å². The second kappa shape index (κ2) is 8.48. The molecule has 2 aromatic rings. The SMILES string of the molecule is Cc1cc(=O)oc2cc(OS)ccc12.OCC1OCCC(O)C1F. The van der Waals surface area contributed by atoms with E-state index in [1.165, 1.54) is 6.07 Å². The Morgan fingerprint density at radius 1 is 1.42 bits per heavy atom. The zero-order valence-corrected chi connectivity index (χ0v) is 13.9. The van der Waals surface area contributed by atoms with Crippen LogP contribution in [0.25, 0.3) is 11.0 Å². The number of rotatable bonds is 2. The summed E-state index contributed by atoms with van der Waals surface area (Å²) >= 11 is 3.67. The van der Waals surface area contributed by atoms with Crippen molar-refractivity contribution < 1.29 is 27.9 Å². The normalized spacial score (nSPS) is 23.5. The summed E-state index contributed by atoms with van der Waals surface area (Å²) in [6.07, 6.45) is -2.91. The van der Waals surface area contributed by atoms with E-state index in [0.717, 1.165) is 10.9 Å². The highest BCUT2D eigenvalue weighted by Gasteiger charge is 2.32. The lowest BCUT2D eigenvalue weighted by Gasteiger charge is -2.28. The highest BCUT2D eigenvalue weighted by molar-refractivity contribution is 7.75. The van der Waals surface area contributed by atoms with E-state index in [4.69, 9.17) is 23.6 Å². The first kappa shape index (κ1) is 18.7. The van der Waals surface area contributed by atoms with E-state index in [1.807, 2.05) is 13.0 Å². The fraction of sp³-hybridized carbons (Fsp3) is 0.438. The molecule has 24 heavy (non-hydrogen) atoms. The maximum Gasteiger partial charge on any atom is 0.336 e. The largest absolute Gasteiger partial charge is 0.429 e. The molecule has 1 saturated heterocycles. The molecule has 2 heterocycles. The lowest BCUT2D eigenvalue weighted by atomic mass is 10.0. The Balaban J connectivity index is 0.000000185. The molecule has 6 nitrogen and oxygen atoms in total. The molecule has 1 fully saturated rings. The van der Waals surface area contributed by atoms with E-state index in [9.17, 15) is 9.18 Å². The van der Waals surface area contributed by atoms with Crippen molar-refractivity contribution >= 4 is 23.9 Å². The number of alkyl halides is 1. The summed E-state index contributed by atoms with van der Waals surface area (Å²) in [5.74, 6) is 0.551. The number of hydrogen-bond donors (Lipinski definition) is 3. The average molecular weight is 358 g/mol. The molecule has 3 rings (SSSR count). The lowest BCUT2D eigenvalue weighted by Crippen LogP contribution is -2.43. The number of aryl methyl sites for hydroxylation is 1. The second-order valence-corrected chi connectivity index (χ2v) is 5.57. The summed E-state index contributed by atoms with van der Waals surface area (Å²) in [6.45, 7) is 1.82. The molecule has 8 heteroatoms. The second-order valence-electron chi connectivity index (χ2n) is 5.39. The van der Waals surface area contributed by atoms with Crippen molar-refractivity contribution in [2.45, 2.75) is 31.7 Å². The van der Waals surface area contributed by atoms with Crippen LogP contribution in [0.1, 0.15) is 12.0 Å². The van der Waals surface area contributed by atoms with Crippen molar-refractivity contribution in [2.24, 2.45) is 0 Å². The Kier molecular flexibility index (Phi) is 6.61. The molecule has 3 atom stereocenters. The number of aliphatic hydroxyl groups excluding tert-OH is 2. The van der Waals surface area contributed by atoms with Gasteiger partial charge in [-0.2, -0.15) is 0 Å². The highest BCUT2D eigenvalue weighted by Crippen LogP contribution is 2.22. The van der Waals surface area contributed by atoms with E-state index < -0.39 is 18.4 Å². The molecule has 0 saturated carbocycles. The molecule has 0 amide bonds. The van der Waals surface area contributed by atoms with Crippen molar-refractivity contribution in [3.05, 3.63) is 40.2 Å². The molecule has 0 spiro atoms. The summed E-state index contributed by atoms with van der Waals surface area (Å²) in [5.41, 5.74) is 1.05. The number of benzene rings is 1. The number of fused-ring (bicyclic) bond motifs is 1. The van der Waals surface area contributed by atoms with E-state index in [0.29, 0.717) is 24.4 Å². The summed E-state index contributed by atoms with van der Waals surface area (Å²) in [6, 6.07) is 6.70. The van der Waals surface area contributed by atoms with Gasteiger partial charge in [-0.15, -0.1) is 0 Å². The van der Waals surface area contributed by atoms with Gasteiger partial charge >= 0.3 is 5.63 Å². The number of hydrogen-bond acceptors (Lipinski definition) is 7. The predicted octanol–water partition coefficient (Wildman–Crippen LogP) is 1.79. The van der Waals surface area contributed by atoms with Crippen LogP contribution < -0.4 is 9.81 Å². The Hall–Kier alpha value is -1.61. The molecule has 0 radical (unpaired) electrons. The molecule has 1 aliphatic rings. The highest BCUT2D eigenvalue weighted by atomic mass is 32.1. The number of aliphatic hydroxyl groups is 2. The molecule has 1 aliphatic heterocycles. The zero-order chi connectivity index (χ0) is 17.7. The monoisotopic (exact) mass is 358 g/mol. The standard InChI is InChI=1S/C10H8O3S.C6H11FO3/c1-6-4-10(11)12-9-5-7(13-14)2-3-8(6)9;7-6-4(9)1-2-10-5(6)3-8/h2-5,14H,1H3;4-6,8-9H,1-3H2. The van der Waals surface area contributed by atoms with Crippen LogP contribution in [0.15, 0.2) is 33.5 Å².